The van der Waals surface area contributed by atoms with Gasteiger partial charge in [0.2, 0.25) is 5.91 Å². The summed E-state index contributed by atoms with van der Waals surface area (Å²) < 4.78 is 26.1. The maximum atomic E-state index is 13.2. The molecule has 1 atom stereocenters. The van der Waals surface area contributed by atoms with Crippen molar-refractivity contribution in [2.75, 3.05) is 0 Å². The Hall–Kier alpha value is -2.23. The van der Waals surface area contributed by atoms with E-state index in [0.29, 0.717) is 5.56 Å². The van der Waals surface area contributed by atoms with Gasteiger partial charge in [0.15, 0.2) is 11.6 Å². The molecule has 0 aromatic heterocycles. The Bertz CT molecular complexity index is 623. The third-order valence-corrected chi connectivity index (χ3v) is 3.08. The molecular formula is C16H15F2NO. The third kappa shape index (κ3) is 3.20. The van der Waals surface area contributed by atoms with E-state index < -0.39 is 11.6 Å². The minimum Gasteiger partial charge on any atom is -0.350 e. The van der Waals surface area contributed by atoms with Gasteiger partial charge in [-0.25, -0.2) is 8.78 Å². The highest BCUT2D eigenvalue weighted by Gasteiger charge is 2.08. The lowest BCUT2D eigenvalue weighted by Gasteiger charge is -2.13. The second-order valence-corrected chi connectivity index (χ2v) is 4.67. The van der Waals surface area contributed by atoms with E-state index >= 15 is 0 Å². The second kappa shape index (κ2) is 5.82. The molecule has 0 saturated carbocycles. The van der Waals surface area contributed by atoms with Crippen molar-refractivity contribution in [2.24, 2.45) is 0 Å². The monoisotopic (exact) mass is 275 g/mol. The summed E-state index contributed by atoms with van der Waals surface area (Å²) in [4.78, 5) is 11.0. The number of nitrogens with one attached hydrogen (secondary N) is 1. The number of rotatable bonds is 3. The summed E-state index contributed by atoms with van der Waals surface area (Å²) in [6, 6.07) is 11.1. The van der Waals surface area contributed by atoms with Crippen molar-refractivity contribution in [2.45, 2.75) is 19.9 Å². The van der Waals surface area contributed by atoms with Crippen LogP contribution < -0.4 is 5.32 Å². The molecule has 0 saturated heterocycles. The topological polar surface area (TPSA) is 29.1 Å². The van der Waals surface area contributed by atoms with Crippen LogP contribution in [0.2, 0.25) is 0 Å². The van der Waals surface area contributed by atoms with E-state index in [-0.39, 0.29) is 11.9 Å². The minimum absolute atomic E-state index is 0.0912. The van der Waals surface area contributed by atoms with Crippen molar-refractivity contribution in [1.29, 1.82) is 0 Å². The predicted octanol–water partition coefficient (Wildman–Crippen LogP) is 3.83. The SMILES string of the molecule is CC(=O)NC(C)c1ccc(-c2ccc(F)c(F)c2)cc1. The molecule has 0 radical (unpaired) electrons. The highest BCUT2D eigenvalue weighted by atomic mass is 19.2. The van der Waals surface area contributed by atoms with Crippen molar-refractivity contribution in [3.63, 3.8) is 0 Å². The van der Waals surface area contributed by atoms with Crippen LogP contribution in [-0.2, 0) is 4.79 Å². The van der Waals surface area contributed by atoms with Crippen LogP contribution in [0.15, 0.2) is 42.5 Å². The van der Waals surface area contributed by atoms with E-state index in [1.54, 1.807) is 0 Å². The van der Waals surface area contributed by atoms with Crippen LogP contribution in [0.25, 0.3) is 11.1 Å². The summed E-state index contributed by atoms with van der Waals surface area (Å²) in [5.41, 5.74) is 2.36. The lowest BCUT2D eigenvalue weighted by atomic mass is 10.0. The van der Waals surface area contributed by atoms with Crippen LogP contribution in [0, 0.1) is 11.6 Å². The molecule has 0 spiro atoms. The Balaban J connectivity index is 2.23. The molecule has 0 fully saturated rings. The second-order valence-electron chi connectivity index (χ2n) is 4.67. The van der Waals surface area contributed by atoms with E-state index in [0.717, 1.165) is 17.2 Å². The van der Waals surface area contributed by atoms with Gasteiger partial charge in [0.25, 0.3) is 0 Å². The molecule has 0 bridgehead atoms. The molecule has 1 unspecified atom stereocenters. The van der Waals surface area contributed by atoms with E-state index in [1.165, 1.54) is 19.1 Å². The molecule has 2 aromatic rings. The molecule has 1 amide bonds. The van der Waals surface area contributed by atoms with Gasteiger partial charge in [-0.1, -0.05) is 30.3 Å². The average molecular weight is 275 g/mol. The van der Waals surface area contributed by atoms with Gasteiger partial charge in [0.05, 0.1) is 6.04 Å². The molecule has 4 heteroatoms. The van der Waals surface area contributed by atoms with Gasteiger partial charge in [0.1, 0.15) is 0 Å². The van der Waals surface area contributed by atoms with E-state index in [9.17, 15) is 13.6 Å². The fraction of sp³-hybridized carbons (Fsp3) is 0.188. The number of amides is 1. The number of hydrogen-bond donors (Lipinski definition) is 1. The maximum absolute atomic E-state index is 13.2. The molecule has 2 rings (SSSR count). The van der Waals surface area contributed by atoms with Gasteiger partial charge in [-0.15, -0.1) is 0 Å². The van der Waals surface area contributed by atoms with E-state index in [4.69, 9.17) is 0 Å². The molecule has 0 heterocycles. The zero-order valence-corrected chi connectivity index (χ0v) is 11.3. The normalized spacial score (nSPS) is 12.0. The van der Waals surface area contributed by atoms with Gasteiger partial charge in [-0.2, -0.15) is 0 Å². The van der Waals surface area contributed by atoms with Gasteiger partial charge >= 0.3 is 0 Å². The summed E-state index contributed by atoms with van der Waals surface area (Å²) in [5.74, 6) is -1.81. The lowest BCUT2D eigenvalue weighted by molar-refractivity contribution is -0.119. The highest BCUT2D eigenvalue weighted by molar-refractivity contribution is 5.73. The Morgan fingerprint density at radius 3 is 2.15 bits per heavy atom. The van der Waals surface area contributed by atoms with Gasteiger partial charge in [-0.05, 0) is 35.7 Å². The molecule has 0 aliphatic carbocycles. The zero-order valence-electron chi connectivity index (χ0n) is 11.3. The largest absolute Gasteiger partial charge is 0.350 e. The van der Waals surface area contributed by atoms with Crippen molar-refractivity contribution < 1.29 is 13.6 Å². The quantitative estimate of drug-likeness (QED) is 0.906. The minimum atomic E-state index is -0.863. The number of benzene rings is 2. The molecule has 2 aromatic carbocycles. The molecular weight excluding hydrogens is 260 g/mol. The highest BCUT2D eigenvalue weighted by Crippen LogP contribution is 2.23. The summed E-state index contributed by atoms with van der Waals surface area (Å²) in [5, 5.41) is 2.79. The number of halogens is 2. The van der Waals surface area contributed by atoms with Crippen molar-refractivity contribution in [3.05, 3.63) is 59.7 Å². The standard InChI is InChI=1S/C16H15F2NO/c1-10(19-11(2)20)12-3-5-13(6-4-12)14-7-8-15(17)16(18)9-14/h3-10H,1-2H3,(H,19,20). The fourth-order valence-corrected chi connectivity index (χ4v) is 2.03. The van der Waals surface area contributed by atoms with Crippen LogP contribution >= 0.6 is 0 Å². The predicted molar refractivity (Wildman–Crippen MR) is 74.0 cm³/mol. The third-order valence-electron chi connectivity index (χ3n) is 3.08. The van der Waals surface area contributed by atoms with E-state index in [2.05, 4.69) is 5.32 Å². The van der Waals surface area contributed by atoms with E-state index in [1.807, 2.05) is 31.2 Å². The fourth-order valence-electron chi connectivity index (χ4n) is 2.03. The molecule has 0 aliphatic heterocycles. The van der Waals surface area contributed by atoms with Crippen LogP contribution in [0.4, 0.5) is 8.78 Å². The van der Waals surface area contributed by atoms with Crippen LogP contribution in [0.5, 0.6) is 0 Å². The molecule has 0 aliphatic rings. The van der Waals surface area contributed by atoms with Crippen LogP contribution in [-0.4, -0.2) is 5.91 Å². The van der Waals surface area contributed by atoms with Gasteiger partial charge < -0.3 is 5.32 Å². The molecule has 20 heavy (non-hydrogen) atoms. The first-order valence-corrected chi connectivity index (χ1v) is 6.30. The Morgan fingerprint density at radius 1 is 1.00 bits per heavy atom. The summed E-state index contributed by atoms with van der Waals surface area (Å²) in [6.45, 7) is 3.35. The molecule has 104 valence electrons. The van der Waals surface area contributed by atoms with Crippen molar-refractivity contribution in [3.8, 4) is 11.1 Å². The van der Waals surface area contributed by atoms with Gasteiger partial charge in [-0.3, -0.25) is 4.79 Å². The van der Waals surface area contributed by atoms with Crippen molar-refractivity contribution in [1.82, 2.24) is 5.32 Å². The van der Waals surface area contributed by atoms with Gasteiger partial charge in [0, 0.05) is 6.92 Å². The Labute approximate surface area is 116 Å². The Kier molecular flexibility index (Phi) is 4.13. The maximum Gasteiger partial charge on any atom is 0.217 e. The molecule has 2 nitrogen and oxygen atoms in total. The number of carbonyl (C=O) groups is 1. The smallest absolute Gasteiger partial charge is 0.217 e. The number of carbonyl (C=O) groups excluding carboxylic acids is 1. The van der Waals surface area contributed by atoms with Crippen molar-refractivity contribution >= 4 is 5.91 Å². The number of hydrogen-bond acceptors (Lipinski definition) is 1. The summed E-state index contributed by atoms with van der Waals surface area (Å²) in [6.07, 6.45) is 0. The lowest BCUT2D eigenvalue weighted by Crippen LogP contribution is -2.23. The van der Waals surface area contributed by atoms with Crippen LogP contribution in [0.3, 0.4) is 0 Å². The molecule has 1 N–H and O–H groups in total. The summed E-state index contributed by atoms with van der Waals surface area (Å²) >= 11 is 0. The Morgan fingerprint density at radius 2 is 1.60 bits per heavy atom. The first-order chi connectivity index (χ1) is 9.47. The van der Waals surface area contributed by atoms with Crippen LogP contribution in [0.1, 0.15) is 25.5 Å². The summed E-state index contributed by atoms with van der Waals surface area (Å²) in [7, 11) is 0. The average Bonchev–Trinajstić information content (AvgIpc) is 2.41. The first kappa shape index (κ1) is 14.2. The zero-order chi connectivity index (χ0) is 14.7. The first-order valence-electron chi connectivity index (χ1n) is 6.30.